The molecule has 0 spiro atoms. The summed E-state index contributed by atoms with van der Waals surface area (Å²) in [7, 11) is 3.85. The van der Waals surface area contributed by atoms with Crippen LogP contribution >= 0.6 is 22.7 Å². The Morgan fingerprint density at radius 3 is 2.90 bits per heavy atom. The molecule has 0 amide bonds. The maximum absolute atomic E-state index is 4.77. The summed E-state index contributed by atoms with van der Waals surface area (Å²) in [6, 6.07) is 2.09. The number of hydrogen-bond donors (Lipinski definition) is 1. The fourth-order valence-corrected chi connectivity index (χ4v) is 3.92. The van der Waals surface area contributed by atoms with Crippen LogP contribution in [0.1, 0.15) is 0 Å². The van der Waals surface area contributed by atoms with Crippen molar-refractivity contribution >= 4 is 49.9 Å². The van der Waals surface area contributed by atoms with Crippen LogP contribution in [0.4, 0.5) is 5.82 Å². The summed E-state index contributed by atoms with van der Waals surface area (Å²) in [6.45, 7) is 0. The molecule has 4 aromatic rings. The molecule has 4 rings (SSSR count). The van der Waals surface area contributed by atoms with Gasteiger partial charge in [0.2, 0.25) is 0 Å². The van der Waals surface area contributed by atoms with Gasteiger partial charge in [0.1, 0.15) is 26.4 Å². The molecule has 100 valence electrons. The number of hydrogen-bond acceptors (Lipinski definition) is 6. The number of anilines is 1. The first-order valence-electron chi connectivity index (χ1n) is 6.10. The van der Waals surface area contributed by atoms with Crippen LogP contribution in [-0.4, -0.2) is 26.6 Å². The van der Waals surface area contributed by atoms with Crippen molar-refractivity contribution in [1.29, 1.82) is 0 Å². The third-order valence-electron chi connectivity index (χ3n) is 3.21. The summed E-state index contributed by atoms with van der Waals surface area (Å²) in [5.41, 5.74) is 3.96. The molecule has 0 atom stereocenters. The van der Waals surface area contributed by atoms with Gasteiger partial charge in [-0.15, -0.1) is 0 Å². The van der Waals surface area contributed by atoms with Gasteiger partial charge in [0, 0.05) is 25.0 Å². The zero-order valence-corrected chi connectivity index (χ0v) is 12.5. The van der Waals surface area contributed by atoms with Crippen molar-refractivity contribution in [2.24, 2.45) is 7.05 Å². The van der Waals surface area contributed by atoms with Crippen molar-refractivity contribution < 1.29 is 0 Å². The van der Waals surface area contributed by atoms with E-state index in [9.17, 15) is 0 Å². The predicted molar refractivity (Wildman–Crippen MR) is 84.5 cm³/mol. The molecule has 4 heterocycles. The molecule has 4 aromatic heterocycles. The van der Waals surface area contributed by atoms with E-state index in [1.165, 1.54) is 0 Å². The molecule has 0 aliphatic heterocycles. The zero-order valence-electron chi connectivity index (χ0n) is 10.9. The van der Waals surface area contributed by atoms with Crippen molar-refractivity contribution in [2.75, 3.05) is 12.4 Å². The zero-order chi connectivity index (χ0) is 13.7. The first-order valence-corrected chi connectivity index (χ1v) is 7.85. The number of aryl methyl sites for hydroxylation is 1. The molecule has 20 heavy (non-hydrogen) atoms. The molecule has 5 nitrogen and oxygen atoms in total. The van der Waals surface area contributed by atoms with Gasteiger partial charge in [-0.1, -0.05) is 11.3 Å². The summed E-state index contributed by atoms with van der Waals surface area (Å²) >= 11 is 3.29. The molecular formula is C13H11N5S2. The predicted octanol–water partition coefficient (Wildman–Crippen LogP) is 3.35. The first-order chi connectivity index (χ1) is 9.78. The van der Waals surface area contributed by atoms with E-state index in [0.717, 1.165) is 37.8 Å². The second kappa shape index (κ2) is 4.26. The van der Waals surface area contributed by atoms with Crippen LogP contribution in [0.2, 0.25) is 0 Å². The molecule has 0 fully saturated rings. The lowest BCUT2D eigenvalue weighted by Crippen LogP contribution is -1.95. The second-order valence-electron chi connectivity index (χ2n) is 4.45. The van der Waals surface area contributed by atoms with Gasteiger partial charge in [0.25, 0.3) is 0 Å². The summed E-state index contributed by atoms with van der Waals surface area (Å²) in [6.07, 6.45) is 1.80. The number of rotatable bonds is 2. The minimum atomic E-state index is 0.800. The number of imidazole rings is 1. The van der Waals surface area contributed by atoms with Gasteiger partial charge in [0.05, 0.1) is 6.33 Å². The molecule has 0 bridgehead atoms. The second-order valence-corrected chi connectivity index (χ2v) is 6.21. The molecular weight excluding hydrogens is 290 g/mol. The average molecular weight is 301 g/mol. The minimum absolute atomic E-state index is 0.800. The molecule has 0 saturated carbocycles. The molecule has 0 aliphatic carbocycles. The molecule has 0 aliphatic rings. The van der Waals surface area contributed by atoms with E-state index in [-0.39, 0.29) is 0 Å². The smallest absolute Gasteiger partial charge is 0.155 e. The van der Waals surface area contributed by atoms with Gasteiger partial charge >= 0.3 is 0 Å². The molecule has 1 N–H and O–H groups in total. The van der Waals surface area contributed by atoms with E-state index in [4.69, 9.17) is 4.98 Å². The van der Waals surface area contributed by atoms with E-state index in [1.54, 1.807) is 29.0 Å². The Labute approximate surface area is 122 Å². The van der Waals surface area contributed by atoms with Crippen LogP contribution in [0.5, 0.6) is 0 Å². The molecule has 0 radical (unpaired) electrons. The van der Waals surface area contributed by atoms with E-state index in [0.29, 0.717) is 0 Å². The third-order valence-corrected chi connectivity index (χ3v) is 4.89. The summed E-state index contributed by atoms with van der Waals surface area (Å²) in [4.78, 5) is 14.8. The van der Waals surface area contributed by atoms with Gasteiger partial charge in [-0.3, -0.25) is 0 Å². The van der Waals surface area contributed by atoms with Crippen molar-refractivity contribution in [3.8, 4) is 10.6 Å². The monoisotopic (exact) mass is 301 g/mol. The van der Waals surface area contributed by atoms with Crippen molar-refractivity contribution in [3.05, 3.63) is 23.2 Å². The van der Waals surface area contributed by atoms with Gasteiger partial charge in [-0.2, -0.15) is 11.3 Å². The van der Waals surface area contributed by atoms with Crippen molar-refractivity contribution in [2.45, 2.75) is 0 Å². The van der Waals surface area contributed by atoms with Crippen molar-refractivity contribution in [1.82, 2.24) is 19.5 Å². The van der Waals surface area contributed by atoms with E-state index < -0.39 is 0 Å². The van der Waals surface area contributed by atoms with E-state index >= 15 is 0 Å². The highest BCUT2D eigenvalue weighted by Crippen LogP contribution is 2.35. The maximum atomic E-state index is 4.77. The molecule has 0 saturated heterocycles. The highest BCUT2D eigenvalue weighted by Gasteiger charge is 2.16. The van der Waals surface area contributed by atoms with Crippen LogP contribution in [0, 0.1) is 0 Å². The topological polar surface area (TPSA) is 55.6 Å². The Morgan fingerprint density at radius 1 is 1.25 bits per heavy atom. The summed E-state index contributed by atoms with van der Waals surface area (Å²) in [5, 5.41) is 8.29. The number of pyridine rings is 1. The Kier molecular flexibility index (Phi) is 2.51. The molecule has 0 unspecified atom stereocenters. The lowest BCUT2D eigenvalue weighted by molar-refractivity contribution is 0.949. The normalized spacial score (nSPS) is 11.5. The minimum Gasteiger partial charge on any atom is -0.371 e. The lowest BCUT2D eigenvalue weighted by Gasteiger charge is -2.01. The SMILES string of the molecule is CNc1nc2sc(-c3ccsc3)nc2c2c1ncn2C. The molecule has 0 aromatic carbocycles. The largest absolute Gasteiger partial charge is 0.371 e. The fraction of sp³-hybridized carbons (Fsp3) is 0.154. The van der Waals surface area contributed by atoms with Gasteiger partial charge < -0.3 is 9.88 Å². The number of aromatic nitrogens is 4. The standard InChI is InChI=1S/C13H11N5S2/c1-14-11-8-10(18(2)6-15-8)9-13(17-11)20-12(16-9)7-3-4-19-5-7/h3-6H,1-2H3,(H,14,17). The highest BCUT2D eigenvalue weighted by molar-refractivity contribution is 7.21. The Morgan fingerprint density at radius 2 is 2.15 bits per heavy atom. The van der Waals surface area contributed by atoms with Crippen LogP contribution < -0.4 is 5.32 Å². The van der Waals surface area contributed by atoms with Crippen LogP contribution in [-0.2, 0) is 7.05 Å². The number of nitrogens with zero attached hydrogens (tertiary/aromatic N) is 4. The number of thiophene rings is 1. The highest BCUT2D eigenvalue weighted by atomic mass is 32.1. The third kappa shape index (κ3) is 1.56. The van der Waals surface area contributed by atoms with Crippen LogP contribution in [0.25, 0.3) is 32.0 Å². The Balaban J connectivity index is 2.11. The Hall–Kier alpha value is -1.99. The number of thiazole rings is 1. The number of nitrogens with one attached hydrogen (secondary N) is 1. The fourth-order valence-electron chi connectivity index (χ4n) is 2.26. The van der Waals surface area contributed by atoms with Crippen LogP contribution in [0.15, 0.2) is 23.2 Å². The van der Waals surface area contributed by atoms with Gasteiger partial charge in [-0.05, 0) is 11.4 Å². The van der Waals surface area contributed by atoms with Gasteiger partial charge in [0.15, 0.2) is 5.82 Å². The van der Waals surface area contributed by atoms with Crippen molar-refractivity contribution in [3.63, 3.8) is 0 Å². The first kappa shape index (κ1) is 11.8. The Bertz CT molecular complexity index is 904. The average Bonchev–Trinajstić information content (AvgIpc) is 3.15. The lowest BCUT2D eigenvalue weighted by atomic mass is 10.3. The van der Waals surface area contributed by atoms with E-state index in [2.05, 4.69) is 32.1 Å². The maximum Gasteiger partial charge on any atom is 0.155 e. The molecule has 7 heteroatoms. The summed E-state index contributed by atoms with van der Waals surface area (Å²) in [5.74, 6) is 0.800. The quantitative estimate of drug-likeness (QED) is 0.617. The van der Waals surface area contributed by atoms with Crippen LogP contribution in [0.3, 0.4) is 0 Å². The summed E-state index contributed by atoms with van der Waals surface area (Å²) < 4.78 is 2.00. The van der Waals surface area contributed by atoms with E-state index in [1.807, 2.05) is 18.7 Å². The van der Waals surface area contributed by atoms with Gasteiger partial charge in [-0.25, -0.2) is 15.0 Å². The number of fused-ring (bicyclic) bond motifs is 3.